The average molecular weight is 293 g/mol. The van der Waals surface area contributed by atoms with Gasteiger partial charge in [-0.1, -0.05) is 24.3 Å². The number of rotatable bonds is 5. The molecule has 5 nitrogen and oxygen atoms in total. The smallest absolute Gasteiger partial charge is 0.269 e. The third kappa shape index (κ3) is 2.85. The molecule has 0 radical (unpaired) electrons. The van der Waals surface area contributed by atoms with E-state index in [0.29, 0.717) is 5.69 Å². The van der Waals surface area contributed by atoms with Crippen LogP contribution in [0.2, 0.25) is 0 Å². The van der Waals surface area contributed by atoms with E-state index in [1.165, 1.54) is 14.2 Å². The third-order valence-corrected chi connectivity index (χ3v) is 4.12. The number of para-hydroxylation sites is 1. The van der Waals surface area contributed by atoms with Crippen LogP contribution < -0.4 is 14.2 Å². The molecule has 6 heteroatoms. The maximum absolute atomic E-state index is 12.5. The monoisotopic (exact) mass is 293 g/mol. The van der Waals surface area contributed by atoms with Gasteiger partial charge in [0.2, 0.25) is 0 Å². The molecule has 0 heterocycles. The number of nitrogens with one attached hydrogen (secondary N) is 1. The van der Waals surface area contributed by atoms with Crippen molar-refractivity contribution < 1.29 is 17.9 Å². The quantitative estimate of drug-likeness (QED) is 0.920. The summed E-state index contributed by atoms with van der Waals surface area (Å²) >= 11 is 0. The van der Waals surface area contributed by atoms with Gasteiger partial charge in [0, 0.05) is 5.69 Å². The van der Waals surface area contributed by atoms with Gasteiger partial charge in [-0.3, -0.25) is 4.72 Å². The molecule has 0 aliphatic rings. The predicted molar refractivity (Wildman–Crippen MR) is 76.8 cm³/mol. The molecule has 0 fully saturated rings. The van der Waals surface area contributed by atoms with E-state index in [1.54, 1.807) is 42.5 Å². The number of sulfonamides is 1. The van der Waals surface area contributed by atoms with Crippen LogP contribution in [0.4, 0.5) is 5.69 Å². The Balaban J connectivity index is 2.49. The van der Waals surface area contributed by atoms with Crippen LogP contribution in [0.3, 0.4) is 0 Å². The van der Waals surface area contributed by atoms with E-state index in [0.717, 1.165) is 0 Å². The van der Waals surface area contributed by atoms with Gasteiger partial charge in [0.1, 0.15) is 11.5 Å². The highest BCUT2D eigenvalue weighted by atomic mass is 32.2. The van der Waals surface area contributed by atoms with E-state index in [9.17, 15) is 8.42 Å². The van der Waals surface area contributed by atoms with Gasteiger partial charge in [-0.25, -0.2) is 8.42 Å². The Morgan fingerprint density at radius 1 is 0.850 bits per heavy atom. The van der Waals surface area contributed by atoms with Gasteiger partial charge in [-0.2, -0.15) is 0 Å². The second-order valence-corrected chi connectivity index (χ2v) is 5.58. The van der Waals surface area contributed by atoms with Crippen molar-refractivity contribution in [3.8, 4) is 11.5 Å². The molecular formula is C14H15NO4S. The van der Waals surface area contributed by atoms with E-state index in [-0.39, 0.29) is 16.4 Å². The SMILES string of the molecule is COc1cccc(OC)c1S(=O)(=O)Nc1ccccc1. The number of ether oxygens (including phenoxy) is 2. The minimum absolute atomic E-state index is 0.0196. The zero-order valence-corrected chi connectivity index (χ0v) is 12.0. The molecule has 0 saturated heterocycles. The lowest BCUT2D eigenvalue weighted by molar-refractivity contribution is 0.373. The van der Waals surface area contributed by atoms with Gasteiger partial charge in [0.25, 0.3) is 10.0 Å². The number of benzene rings is 2. The Morgan fingerprint density at radius 2 is 1.40 bits per heavy atom. The minimum atomic E-state index is -3.80. The highest BCUT2D eigenvalue weighted by Crippen LogP contribution is 2.33. The summed E-state index contributed by atoms with van der Waals surface area (Å²) in [7, 11) is -0.973. The normalized spacial score (nSPS) is 10.9. The molecule has 0 aliphatic carbocycles. The van der Waals surface area contributed by atoms with Crippen LogP contribution in [0.1, 0.15) is 0 Å². The Labute approximate surface area is 118 Å². The first-order chi connectivity index (χ1) is 9.58. The molecule has 2 rings (SSSR count). The molecule has 0 atom stereocenters. The number of hydrogen-bond acceptors (Lipinski definition) is 4. The van der Waals surface area contributed by atoms with Crippen LogP contribution >= 0.6 is 0 Å². The summed E-state index contributed by atoms with van der Waals surface area (Å²) in [5, 5.41) is 0. The van der Waals surface area contributed by atoms with Gasteiger partial charge >= 0.3 is 0 Å². The van der Waals surface area contributed by atoms with Crippen LogP contribution in [-0.2, 0) is 10.0 Å². The van der Waals surface area contributed by atoms with Crippen LogP contribution in [0.15, 0.2) is 53.4 Å². The maximum atomic E-state index is 12.5. The molecule has 106 valence electrons. The van der Waals surface area contributed by atoms with Crippen molar-refractivity contribution in [2.24, 2.45) is 0 Å². The number of anilines is 1. The summed E-state index contributed by atoms with van der Waals surface area (Å²) in [6.45, 7) is 0. The average Bonchev–Trinajstić information content (AvgIpc) is 2.46. The molecule has 2 aromatic carbocycles. The molecule has 1 N–H and O–H groups in total. The van der Waals surface area contributed by atoms with Gasteiger partial charge < -0.3 is 9.47 Å². The first kappa shape index (κ1) is 14.2. The predicted octanol–water partition coefficient (Wildman–Crippen LogP) is 2.50. The summed E-state index contributed by atoms with van der Waals surface area (Å²) in [4.78, 5) is -0.0196. The standard InChI is InChI=1S/C14H15NO4S/c1-18-12-9-6-10-13(19-2)14(12)20(16,17)15-11-7-4-3-5-8-11/h3-10,15H,1-2H3. The van der Waals surface area contributed by atoms with Gasteiger partial charge in [0.15, 0.2) is 4.90 Å². The molecule has 0 bridgehead atoms. The number of hydrogen-bond donors (Lipinski definition) is 1. The fraction of sp³-hybridized carbons (Fsp3) is 0.143. The molecule has 0 aromatic heterocycles. The molecule has 0 aliphatic heterocycles. The topological polar surface area (TPSA) is 64.6 Å². The zero-order valence-electron chi connectivity index (χ0n) is 11.2. The van der Waals surface area contributed by atoms with Crippen molar-refractivity contribution >= 4 is 15.7 Å². The molecule has 0 amide bonds. The van der Waals surface area contributed by atoms with E-state index >= 15 is 0 Å². The Morgan fingerprint density at radius 3 is 1.90 bits per heavy atom. The van der Waals surface area contributed by atoms with Crippen LogP contribution in [0.5, 0.6) is 11.5 Å². The molecule has 2 aromatic rings. The lowest BCUT2D eigenvalue weighted by Gasteiger charge is -2.14. The fourth-order valence-electron chi connectivity index (χ4n) is 1.79. The first-order valence-corrected chi connectivity index (χ1v) is 7.35. The largest absolute Gasteiger partial charge is 0.495 e. The first-order valence-electron chi connectivity index (χ1n) is 5.87. The fourth-order valence-corrected chi connectivity index (χ4v) is 3.18. The molecular weight excluding hydrogens is 278 g/mol. The van der Waals surface area contributed by atoms with Crippen molar-refractivity contribution in [3.05, 3.63) is 48.5 Å². The second kappa shape index (κ2) is 5.83. The zero-order chi connectivity index (χ0) is 14.6. The van der Waals surface area contributed by atoms with Gasteiger partial charge in [-0.05, 0) is 24.3 Å². The summed E-state index contributed by atoms with van der Waals surface area (Å²) in [6.07, 6.45) is 0. The van der Waals surface area contributed by atoms with Crippen LogP contribution in [-0.4, -0.2) is 22.6 Å². The maximum Gasteiger partial charge on any atom is 0.269 e. The van der Waals surface area contributed by atoms with Crippen molar-refractivity contribution in [2.75, 3.05) is 18.9 Å². The Kier molecular flexibility index (Phi) is 4.14. The van der Waals surface area contributed by atoms with Crippen molar-refractivity contribution in [1.82, 2.24) is 0 Å². The summed E-state index contributed by atoms with van der Waals surface area (Å²) in [5.74, 6) is 0.459. The van der Waals surface area contributed by atoms with Crippen molar-refractivity contribution in [3.63, 3.8) is 0 Å². The Hall–Kier alpha value is -2.21. The molecule has 0 unspecified atom stereocenters. The highest BCUT2D eigenvalue weighted by Gasteiger charge is 2.24. The summed E-state index contributed by atoms with van der Waals surface area (Å²) < 4.78 is 37.7. The van der Waals surface area contributed by atoms with E-state index in [4.69, 9.17) is 9.47 Å². The third-order valence-electron chi connectivity index (χ3n) is 2.68. The lowest BCUT2D eigenvalue weighted by atomic mass is 10.3. The Bertz CT molecular complexity index is 661. The van der Waals surface area contributed by atoms with E-state index in [1.807, 2.05) is 6.07 Å². The summed E-state index contributed by atoms with van der Waals surface area (Å²) in [6, 6.07) is 13.4. The molecule has 0 saturated carbocycles. The van der Waals surface area contributed by atoms with Crippen LogP contribution in [0, 0.1) is 0 Å². The van der Waals surface area contributed by atoms with E-state index < -0.39 is 10.0 Å². The number of methoxy groups -OCH3 is 2. The molecule has 0 spiro atoms. The second-order valence-electron chi connectivity index (χ2n) is 3.96. The highest BCUT2D eigenvalue weighted by molar-refractivity contribution is 7.93. The van der Waals surface area contributed by atoms with E-state index in [2.05, 4.69) is 4.72 Å². The summed E-state index contributed by atoms with van der Waals surface area (Å²) in [5.41, 5.74) is 0.473. The van der Waals surface area contributed by atoms with Crippen molar-refractivity contribution in [1.29, 1.82) is 0 Å². The van der Waals surface area contributed by atoms with Crippen molar-refractivity contribution in [2.45, 2.75) is 4.90 Å². The molecule has 20 heavy (non-hydrogen) atoms. The van der Waals surface area contributed by atoms with Gasteiger partial charge in [0.05, 0.1) is 14.2 Å². The van der Waals surface area contributed by atoms with Gasteiger partial charge in [-0.15, -0.1) is 0 Å². The lowest BCUT2D eigenvalue weighted by Crippen LogP contribution is -2.15. The minimum Gasteiger partial charge on any atom is -0.495 e. The van der Waals surface area contributed by atoms with Crippen LogP contribution in [0.25, 0.3) is 0 Å².